The fourth-order valence-electron chi connectivity index (χ4n) is 3.87. The van der Waals surface area contributed by atoms with E-state index in [0.717, 1.165) is 42.0 Å². The second kappa shape index (κ2) is 8.74. The molecular weight excluding hydrogens is 376 g/mol. The summed E-state index contributed by atoms with van der Waals surface area (Å²) < 4.78 is 0. The summed E-state index contributed by atoms with van der Waals surface area (Å²) in [6.07, 6.45) is 7.08. The monoisotopic (exact) mass is 400 g/mol. The van der Waals surface area contributed by atoms with Crippen molar-refractivity contribution in [2.45, 2.75) is 19.9 Å². The predicted molar refractivity (Wildman–Crippen MR) is 118 cm³/mol. The number of guanidine groups is 1. The molecule has 8 heteroatoms. The highest BCUT2D eigenvalue weighted by atomic mass is 15.4. The van der Waals surface area contributed by atoms with Gasteiger partial charge in [-0.15, -0.1) is 4.99 Å². The van der Waals surface area contributed by atoms with Crippen molar-refractivity contribution in [2.24, 2.45) is 10.9 Å². The quantitative estimate of drug-likeness (QED) is 0.410. The van der Waals surface area contributed by atoms with Crippen molar-refractivity contribution in [1.82, 2.24) is 19.9 Å². The molecule has 3 heterocycles. The zero-order valence-electron chi connectivity index (χ0n) is 17.1. The molecule has 1 saturated heterocycles. The van der Waals surface area contributed by atoms with Crippen LogP contribution in [0.15, 0.2) is 60.1 Å². The summed E-state index contributed by atoms with van der Waals surface area (Å²) in [5.41, 5.74) is 1.78. The molecule has 1 aliphatic rings. The zero-order chi connectivity index (χ0) is 20.9. The van der Waals surface area contributed by atoms with Gasteiger partial charge in [-0.3, -0.25) is 4.98 Å². The Balaban J connectivity index is 1.62. The van der Waals surface area contributed by atoms with E-state index in [1.165, 1.54) is 0 Å². The maximum absolute atomic E-state index is 9.37. The Bertz CT molecular complexity index is 1070. The van der Waals surface area contributed by atoms with E-state index >= 15 is 0 Å². The van der Waals surface area contributed by atoms with E-state index in [0.29, 0.717) is 11.9 Å². The summed E-state index contributed by atoms with van der Waals surface area (Å²) in [4.78, 5) is 21.4. The SMILES string of the molecule is CC(C)C1CN(c2ccncn2)CCN1/C(=N/C#N)Nc1cccc2ncccc12. The number of nitrogens with zero attached hydrogens (tertiary/aromatic N) is 7. The fraction of sp³-hybridized carbons (Fsp3) is 0.318. The first kappa shape index (κ1) is 19.6. The van der Waals surface area contributed by atoms with E-state index < -0.39 is 0 Å². The Hall–Kier alpha value is -3.73. The summed E-state index contributed by atoms with van der Waals surface area (Å²) in [5.74, 6) is 1.84. The molecule has 0 bridgehead atoms. The minimum Gasteiger partial charge on any atom is -0.353 e. The number of piperazine rings is 1. The second-order valence-corrected chi connectivity index (χ2v) is 7.55. The van der Waals surface area contributed by atoms with Gasteiger partial charge >= 0.3 is 0 Å². The van der Waals surface area contributed by atoms with Gasteiger partial charge in [-0.2, -0.15) is 5.26 Å². The number of hydrogen-bond donors (Lipinski definition) is 1. The van der Waals surface area contributed by atoms with Crippen LogP contribution in [0.1, 0.15) is 13.8 Å². The lowest BCUT2D eigenvalue weighted by Gasteiger charge is -2.45. The van der Waals surface area contributed by atoms with Crippen LogP contribution in [-0.2, 0) is 0 Å². The Labute approximate surface area is 175 Å². The highest BCUT2D eigenvalue weighted by Gasteiger charge is 2.32. The van der Waals surface area contributed by atoms with Crippen molar-refractivity contribution in [3.63, 3.8) is 0 Å². The summed E-state index contributed by atoms with van der Waals surface area (Å²) >= 11 is 0. The number of hydrogen-bond acceptors (Lipinski definition) is 6. The van der Waals surface area contributed by atoms with Gasteiger partial charge in [-0.25, -0.2) is 9.97 Å². The number of pyridine rings is 1. The van der Waals surface area contributed by atoms with Crippen LogP contribution in [0.5, 0.6) is 0 Å². The van der Waals surface area contributed by atoms with E-state index in [4.69, 9.17) is 0 Å². The van der Waals surface area contributed by atoms with Gasteiger partial charge in [-0.1, -0.05) is 19.9 Å². The molecule has 152 valence electrons. The predicted octanol–water partition coefficient (Wildman–Crippen LogP) is 3.12. The van der Waals surface area contributed by atoms with Crippen LogP contribution in [0.2, 0.25) is 0 Å². The van der Waals surface area contributed by atoms with Crippen LogP contribution in [0, 0.1) is 17.4 Å². The number of aromatic nitrogens is 3. The molecule has 1 fully saturated rings. The fourth-order valence-corrected chi connectivity index (χ4v) is 3.87. The molecule has 0 amide bonds. The van der Waals surface area contributed by atoms with Gasteiger partial charge in [0.2, 0.25) is 12.2 Å². The number of aliphatic imine (C=N–C) groups is 1. The summed E-state index contributed by atoms with van der Waals surface area (Å²) in [5, 5.41) is 13.8. The lowest BCUT2D eigenvalue weighted by Crippen LogP contribution is -2.58. The highest BCUT2D eigenvalue weighted by molar-refractivity contribution is 6.02. The summed E-state index contributed by atoms with van der Waals surface area (Å²) in [6, 6.07) is 11.9. The van der Waals surface area contributed by atoms with E-state index in [1.807, 2.05) is 42.6 Å². The smallest absolute Gasteiger partial charge is 0.214 e. The minimum absolute atomic E-state index is 0.168. The van der Waals surface area contributed by atoms with Gasteiger partial charge in [0.15, 0.2) is 0 Å². The third-order valence-corrected chi connectivity index (χ3v) is 5.40. The number of nitriles is 1. The molecule has 1 unspecified atom stereocenters. The topological polar surface area (TPSA) is 93.3 Å². The molecule has 1 aliphatic heterocycles. The minimum atomic E-state index is 0.168. The van der Waals surface area contributed by atoms with E-state index in [1.54, 1.807) is 18.7 Å². The maximum Gasteiger partial charge on any atom is 0.214 e. The molecule has 1 atom stereocenters. The van der Waals surface area contributed by atoms with Crippen molar-refractivity contribution in [3.05, 3.63) is 55.1 Å². The average Bonchev–Trinajstić information content (AvgIpc) is 2.79. The largest absolute Gasteiger partial charge is 0.353 e. The first-order valence-electron chi connectivity index (χ1n) is 10.0. The van der Waals surface area contributed by atoms with Crippen molar-refractivity contribution in [2.75, 3.05) is 29.9 Å². The molecule has 0 saturated carbocycles. The van der Waals surface area contributed by atoms with Crippen molar-refractivity contribution in [3.8, 4) is 6.19 Å². The standard InChI is InChI=1S/C22H24N8/c1-16(2)20-13-29(21-8-10-24-15-27-21)11-12-30(20)22(26-14-23)28-19-7-3-6-18-17(19)5-4-9-25-18/h3-10,15-16,20H,11-13H2,1-2H3,(H,26,28). The first-order valence-corrected chi connectivity index (χ1v) is 10.0. The van der Waals surface area contributed by atoms with E-state index in [2.05, 4.69) is 48.9 Å². The molecule has 1 N–H and O–H groups in total. The molecular formula is C22H24N8. The molecule has 8 nitrogen and oxygen atoms in total. The van der Waals surface area contributed by atoms with Gasteiger partial charge in [0, 0.05) is 37.4 Å². The van der Waals surface area contributed by atoms with Gasteiger partial charge in [0.05, 0.1) is 17.2 Å². The lowest BCUT2D eigenvalue weighted by molar-refractivity contribution is 0.224. The Morgan fingerprint density at radius 2 is 2.07 bits per heavy atom. The van der Waals surface area contributed by atoms with Crippen molar-refractivity contribution in [1.29, 1.82) is 5.26 Å². The Morgan fingerprint density at radius 3 is 2.83 bits per heavy atom. The molecule has 0 spiro atoms. The Morgan fingerprint density at radius 1 is 1.17 bits per heavy atom. The van der Waals surface area contributed by atoms with Gasteiger partial charge in [-0.05, 0) is 36.2 Å². The molecule has 0 radical (unpaired) electrons. The maximum atomic E-state index is 9.37. The first-order chi connectivity index (χ1) is 14.7. The van der Waals surface area contributed by atoms with Crippen molar-refractivity contribution < 1.29 is 0 Å². The third kappa shape index (κ3) is 4.01. The number of fused-ring (bicyclic) bond motifs is 1. The summed E-state index contributed by atoms with van der Waals surface area (Å²) in [7, 11) is 0. The van der Waals surface area contributed by atoms with Gasteiger partial charge < -0.3 is 15.1 Å². The van der Waals surface area contributed by atoms with E-state index in [9.17, 15) is 5.26 Å². The van der Waals surface area contributed by atoms with E-state index in [-0.39, 0.29) is 6.04 Å². The highest BCUT2D eigenvalue weighted by Crippen LogP contribution is 2.25. The van der Waals surface area contributed by atoms with Crippen LogP contribution >= 0.6 is 0 Å². The molecule has 0 aliphatic carbocycles. The molecule has 1 aromatic carbocycles. The average molecular weight is 400 g/mol. The molecule has 2 aromatic heterocycles. The van der Waals surface area contributed by atoms with Crippen LogP contribution < -0.4 is 10.2 Å². The van der Waals surface area contributed by atoms with Gasteiger partial charge in [0.25, 0.3) is 0 Å². The van der Waals surface area contributed by atoms with Crippen LogP contribution in [0.3, 0.4) is 0 Å². The number of anilines is 2. The normalized spacial score (nSPS) is 17.3. The second-order valence-electron chi connectivity index (χ2n) is 7.55. The number of benzene rings is 1. The lowest BCUT2D eigenvalue weighted by atomic mass is 9.99. The molecule has 3 aromatic rings. The molecule has 4 rings (SSSR count). The summed E-state index contributed by atoms with van der Waals surface area (Å²) in [6.45, 7) is 6.67. The van der Waals surface area contributed by atoms with Gasteiger partial charge in [0.1, 0.15) is 12.1 Å². The number of rotatable bonds is 3. The third-order valence-electron chi connectivity index (χ3n) is 5.40. The molecule has 30 heavy (non-hydrogen) atoms. The van der Waals surface area contributed by atoms with Crippen LogP contribution in [-0.4, -0.2) is 51.5 Å². The van der Waals surface area contributed by atoms with Crippen molar-refractivity contribution >= 4 is 28.4 Å². The number of nitrogens with one attached hydrogen (secondary N) is 1. The van der Waals surface area contributed by atoms with Crippen LogP contribution in [0.25, 0.3) is 10.9 Å². The zero-order valence-corrected chi connectivity index (χ0v) is 17.1. The Kier molecular flexibility index (Phi) is 5.70. The van der Waals surface area contributed by atoms with Crippen LogP contribution in [0.4, 0.5) is 11.5 Å².